The van der Waals surface area contributed by atoms with Gasteiger partial charge in [-0.25, -0.2) is 4.79 Å². The number of carbonyl (C=O) groups excluding carboxylic acids is 1. The van der Waals surface area contributed by atoms with Crippen molar-refractivity contribution in [1.29, 1.82) is 0 Å². The highest BCUT2D eigenvalue weighted by Gasteiger charge is 2.25. The van der Waals surface area contributed by atoms with Gasteiger partial charge in [-0.05, 0) is 34.1 Å². The number of likely N-dealkylation sites (N-methyl/N-ethyl adjacent to an activating group) is 1. The van der Waals surface area contributed by atoms with Gasteiger partial charge in [0.25, 0.3) is 0 Å². The maximum absolute atomic E-state index is 12.0. The van der Waals surface area contributed by atoms with Gasteiger partial charge in [0.2, 0.25) is 0 Å². The predicted molar refractivity (Wildman–Crippen MR) is 78.2 cm³/mol. The minimum Gasteiger partial charge on any atom is -0.444 e. The number of allylic oxidation sites excluding steroid dienone is 2. The molecule has 1 atom stereocenters. The Labute approximate surface area is 117 Å². The van der Waals surface area contributed by atoms with E-state index in [1.54, 1.807) is 19.1 Å². The molecular weight excluding hydrogens is 242 g/mol. The SMILES string of the molecule is C=C(/C=C\C)C[C@@H](COC)N(C)C(=O)OC(C)(C)C. The molecule has 0 aliphatic heterocycles. The Kier molecular flexibility index (Phi) is 7.45. The fourth-order valence-corrected chi connectivity index (χ4v) is 1.59. The van der Waals surface area contributed by atoms with E-state index in [1.165, 1.54) is 0 Å². The van der Waals surface area contributed by atoms with Crippen LogP contribution in [0.15, 0.2) is 24.3 Å². The van der Waals surface area contributed by atoms with E-state index in [9.17, 15) is 4.79 Å². The number of hydrogen-bond acceptors (Lipinski definition) is 3. The van der Waals surface area contributed by atoms with Crippen LogP contribution in [0.2, 0.25) is 0 Å². The van der Waals surface area contributed by atoms with E-state index in [0.717, 1.165) is 5.57 Å². The molecular formula is C15H27NO3. The third-order valence-electron chi connectivity index (χ3n) is 2.49. The highest BCUT2D eigenvalue weighted by atomic mass is 16.6. The molecule has 0 aliphatic carbocycles. The summed E-state index contributed by atoms with van der Waals surface area (Å²) >= 11 is 0. The number of ether oxygens (including phenoxy) is 2. The molecule has 0 saturated carbocycles. The summed E-state index contributed by atoms with van der Waals surface area (Å²) in [4.78, 5) is 13.6. The van der Waals surface area contributed by atoms with Crippen molar-refractivity contribution in [3.8, 4) is 0 Å². The summed E-state index contributed by atoms with van der Waals surface area (Å²) in [6, 6.07) is -0.0800. The van der Waals surface area contributed by atoms with Gasteiger partial charge < -0.3 is 14.4 Å². The molecule has 0 bridgehead atoms. The lowest BCUT2D eigenvalue weighted by atomic mass is 10.1. The van der Waals surface area contributed by atoms with Crippen LogP contribution in [-0.2, 0) is 9.47 Å². The number of amides is 1. The normalized spacial score (nSPS) is 13.4. The van der Waals surface area contributed by atoms with E-state index in [4.69, 9.17) is 9.47 Å². The average Bonchev–Trinajstić information content (AvgIpc) is 2.25. The Morgan fingerprint density at radius 2 is 2.00 bits per heavy atom. The molecule has 0 aliphatic rings. The zero-order chi connectivity index (χ0) is 15.1. The van der Waals surface area contributed by atoms with E-state index >= 15 is 0 Å². The second-order valence-corrected chi connectivity index (χ2v) is 5.56. The van der Waals surface area contributed by atoms with Crippen LogP contribution in [-0.4, -0.2) is 43.4 Å². The van der Waals surface area contributed by atoms with Crippen LogP contribution in [0.3, 0.4) is 0 Å². The second kappa shape index (κ2) is 8.00. The number of hydrogen-bond donors (Lipinski definition) is 0. The van der Waals surface area contributed by atoms with Crippen molar-refractivity contribution in [3.63, 3.8) is 0 Å². The van der Waals surface area contributed by atoms with E-state index in [-0.39, 0.29) is 12.1 Å². The minimum absolute atomic E-state index is 0.0800. The van der Waals surface area contributed by atoms with Crippen LogP contribution in [0.1, 0.15) is 34.1 Å². The van der Waals surface area contributed by atoms with Gasteiger partial charge in [-0.1, -0.05) is 24.3 Å². The van der Waals surface area contributed by atoms with Gasteiger partial charge in [0.15, 0.2) is 0 Å². The minimum atomic E-state index is -0.497. The van der Waals surface area contributed by atoms with E-state index in [0.29, 0.717) is 13.0 Å². The van der Waals surface area contributed by atoms with Gasteiger partial charge in [0.05, 0.1) is 12.6 Å². The van der Waals surface area contributed by atoms with Crippen LogP contribution in [0.4, 0.5) is 4.79 Å². The molecule has 0 aromatic rings. The molecule has 0 fully saturated rings. The van der Waals surface area contributed by atoms with Crippen molar-refractivity contribution in [3.05, 3.63) is 24.3 Å². The smallest absolute Gasteiger partial charge is 0.410 e. The maximum Gasteiger partial charge on any atom is 0.410 e. The van der Waals surface area contributed by atoms with E-state index < -0.39 is 5.60 Å². The van der Waals surface area contributed by atoms with Crippen molar-refractivity contribution >= 4 is 6.09 Å². The van der Waals surface area contributed by atoms with E-state index in [1.807, 2.05) is 39.8 Å². The monoisotopic (exact) mass is 269 g/mol. The molecule has 0 radical (unpaired) electrons. The van der Waals surface area contributed by atoms with Crippen molar-refractivity contribution in [2.75, 3.05) is 20.8 Å². The largest absolute Gasteiger partial charge is 0.444 e. The second-order valence-electron chi connectivity index (χ2n) is 5.56. The first-order valence-corrected chi connectivity index (χ1v) is 6.46. The van der Waals surface area contributed by atoms with Crippen molar-refractivity contribution in [1.82, 2.24) is 4.90 Å². The molecule has 4 nitrogen and oxygen atoms in total. The molecule has 0 aromatic carbocycles. The summed E-state index contributed by atoms with van der Waals surface area (Å²) in [5, 5.41) is 0. The van der Waals surface area contributed by atoms with Gasteiger partial charge in [0.1, 0.15) is 5.60 Å². The molecule has 110 valence electrons. The van der Waals surface area contributed by atoms with Gasteiger partial charge >= 0.3 is 6.09 Å². The van der Waals surface area contributed by atoms with Crippen molar-refractivity contribution in [2.24, 2.45) is 0 Å². The Morgan fingerprint density at radius 3 is 2.42 bits per heavy atom. The van der Waals surface area contributed by atoms with Gasteiger partial charge in [0, 0.05) is 14.2 Å². The highest BCUT2D eigenvalue weighted by molar-refractivity contribution is 5.68. The van der Waals surface area contributed by atoms with E-state index in [2.05, 4.69) is 6.58 Å². The molecule has 0 spiro atoms. The number of carbonyl (C=O) groups is 1. The van der Waals surface area contributed by atoms with Crippen molar-refractivity contribution < 1.29 is 14.3 Å². The first-order chi connectivity index (χ1) is 8.71. The summed E-state index contributed by atoms with van der Waals surface area (Å²) in [6.07, 6.45) is 4.18. The summed E-state index contributed by atoms with van der Waals surface area (Å²) in [5.41, 5.74) is 0.462. The molecule has 4 heteroatoms. The van der Waals surface area contributed by atoms with Crippen LogP contribution >= 0.6 is 0 Å². The van der Waals surface area contributed by atoms with Gasteiger partial charge in [-0.3, -0.25) is 0 Å². The topological polar surface area (TPSA) is 38.8 Å². The van der Waals surface area contributed by atoms with Crippen LogP contribution < -0.4 is 0 Å². The lowest BCUT2D eigenvalue weighted by molar-refractivity contribution is 0.0132. The Bertz CT molecular complexity index is 329. The summed E-state index contributed by atoms with van der Waals surface area (Å²) in [5.74, 6) is 0. The van der Waals surface area contributed by atoms with Crippen LogP contribution in [0.5, 0.6) is 0 Å². The molecule has 0 N–H and O–H groups in total. The molecule has 19 heavy (non-hydrogen) atoms. The van der Waals surface area contributed by atoms with Crippen LogP contribution in [0.25, 0.3) is 0 Å². The average molecular weight is 269 g/mol. The molecule has 0 unspecified atom stereocenters. The van der Waals surface area contributed by atoms with Crippen LogP contribution in [0, 0.1) is 0 Å². The van der Waals surface area contributed by atoms with Gasteiger partial charge in [-0.15, -0.1) is 0 Å². The third-order valence-corrected chi connectivity index (χ3v) is 2.49. The Hall–Kier alpha value is -1.29. The Morgan fingerprint density at radius 1 is 1.42 bits per heavy atom. The lowest BCUT2D eigenvalue weighted by Gasteiger charge is -2.30. The summed E-state index contributed by atoms with van der Waals surface area (Å²) in [6.45, 7) is 11.9. The number of nitrogens with zero attached hydrogens (tertiary/aromatic N) is 1. The molecule has 0 saturated heterocycles. The maximum atomic E-state index is 12.0. The Balaban J connectivity index is 4.68. The quantitative estimate of drug-likeness (QED) is 0.694. The molecule has 0 rings (SSSR count). The summed E-state index contributed by atoms with van der Waals surface area (Å²) < 4.78 is 10.5. The highest BCUT2D eigenvalue weighted by Crippen LogP contribution is 2.15. The predicted octanol–water partition coefficient (Wildman–Crippen LogP) is 3.39. The molecule has 0 aromatic heterocycles. The number of rotatable bonds is 6. The lowest BCUT2D eigenvalue weighted by Crippen LogP contribution is -2.43. The first kappa shape index (κ1) is 17.7. The number of methoxy groups -OCH3 is 1. The third kappa shape index (κ3) is 7.67. The fourth-order valence-electron chi connectivity index (χ4n) is 1.59. The fraction of sp³-hybridized carbons (Fsp3) is 0.667. The first-order valence-electron chi connectivity index (χ1n) is 6.46. The van der Waals surface area contributed by atoms with Gasteiger partial charge in [-0.2, -0.15) is 0 Å². The molecule has 0 heterocycles. The zero-order valence-electron chi connectivity index (χ0n) is 13.0. The molecule has 1 amide bonds. The standard InChI is InChI=1S/C15H27NO3/c1-8-9-12(2)10-13(11-18-7)16(6)14(17)19-15(3,4)5/h8-9,13H,2,10-11H2,1,3-7H3/b9-8-/t13-/m0/s1. The van der Waals surface area contributed by atoms with Crippen molar-refractivity contribution in [2.45, 2.75) is 45.8 Å². The zero-order valence-corrected chi connectivity index (χ0v) is 13.0. The summed E-state index contributed by atoms with van der Waals surface area (Å²) in [7, 11) is 3.34.